The Kier molecular flexibility index (Phi) is 3.43. The van der Waals surface area contributed by atoms with E-state index in [1.165, 1.54) is 12.1 Å². The van der Waals surface area contributed by atoms with Crippen molar-refractivity contribution in [2.45, 2.75) is 0 Å². The highest BCUT2D eigenvalue weighted by Crippen LogP contribution is 2.31. The standard InChI is InChI=1S/C15H11FIN3/c16-9-1-3-15(12(17)7-9)20-14-4-2-13(18)10-5-6-19-8-11(10)14/h1-8,20H,18H2. The fraction of sp³-hybridized carbons (Fsp3) is 0. The van der Waals surface area contributed by atoms with Gasteiger partial charge in [-0.25, -0.2) is 4.39 Å². The molecule has 3 aromatic rings. The molecule has 0 radical (unpaired) electrons. The molecule has 0 aliphatic carbocycles. The van der Waals surface area contributed by atoms with Gasteiger partial charge in [0.1, 0.15) is 5.82 Å². The van der Waals surface area contributed by atoms with Crippen molar-refractivity contribution in [1.29, 1.82) is 0 Å². The predicted molar refractivity (Wildman–Crippen MR) is 88.6 cm³/mol. The Hall–Kier alpha value is -1.89. The van der Waals surface area contributed by atoms with Crippen LogP contribution in [0, 0.1) is 9.39 Å². The monoisotopic (exact) mass is 379 g/mol. The number of hydrogen-bond acceptors (Lipinski definition) is 3. The van der Waals surface area contributed by atoms with Gasteiger partial charge in [0.05, 0.1) is 5.69 Å². The van der Waals surface area contributed by atoms with Gasteiger partial charge in [-0.2, -0.15) is 0 Å². The molecule has 0 atom stereocenters. The van der Waals surface area contributed by atoms with Crippen LogP contribution in [0.4, 0.5) is 21.5 Å². The highest BCUT2D eigenvalue weighted by molar-refractivity contribution is 14.1. The zero-order chi connectivity index (χ0) is 14.1. The smallest absolute Gasteiger partial charge is 0.124 e. The van der Waals surface area contributed by atoms with Crippen LogP contribution < -0.4 is 11.1 Å². The van der Waals surface area contributed by atoms with Gasteiger partial charge in [-0.15, -0.1) is 0 Å². The van der Waals surface area contributed by atoms with Gasteiger partial charge in [0, 0.05) is 38.1 Å². The molecule has 0 aliphatic rings. The van der Waals surface area contributed by atoms with Crippen molar-refractivity contribution in [3.63, 3.8) is 0 Å². The maximum atomic E-state index is 13.1. The summed E-state index contributed by atoms with van der Waals surface area (Å²) in [7, 11) is 0. The van der Waals surface area contributed by atoms with E-state index in [1.807, 2.05) is 18.2 Å². The average molecular weight is 379 g/mol. The van der Waals surface area contributed by atoms with Crippen LogP contribution >= 0.6 is 22.6 Å². The quantitative estimate of drug-likeness (QED) is 0.516. The van der Waals surface area contributed by atoms with Crippen molar-refractivity contribution in [2.24, 2.45) is 0 Å². The first-order valence-electron chi connectivity index (χ1n) is 5.99. The van der Waals surface area contributed by atoms with Crippen LogP contribution in [0.15, 0.2) is 48.8 Å². The molecule has 0 aliphatic heterocycles. The van der Waals surface area contributed by atoms with Crippen molar-refractivity contribution in [2.75, 3.05) is 11.1 Å². The number of nitrogens with two attached hydrogens (primary N) is 1. The molecular weight excluding hydrogens is 368 g/mol. The Balaban J connectivity index is 2.09. The molecule has 0 saturated heterocycles. The number of halogens is 2. The summed E-state index contributed by atoms with van der Waals surface area (Å²) in [5.74, 6) is -0.246. The number of nitrogens with one attached hydrogen (secondary N) is 1. The highest BCUT2D eigenvalue weighted by Gasteiger charge is 2.07. The van der Waals surface area contributed by atoms with Gasteiger partial charge in [0.15, 0.2) is 0 Å². The maximum Gasteiger partial charge on any atom is 0.124 e. The molecule has 2 aromatic carbocycles. The Morgan fingerprint density at radius 2 is 1.85 bits per heavy atom. The summed E-state index contributed by atoms with van der Waals surface area (Å²) in [6.45, 7) is 0. The molecule has 0 amide bonds. The molecule has 0 spiro atoms. The van der Waals surface area contributed by atoms with E-state index in [4.69, 9.17) is 5.73 Å². The third-order valence-electron chi connectivity index (χ3n) is 3.05. The molecular formula is C15H11FIN3. The zero-order valence-corrected chi connectivity index (χ0v) is 12.6. The van der Waals surface area contributed by atoms with E-state index in [0.29, 0.717) is 5.69 Å². The number of nitrogens with zero attached hydrogens (tertiary/aromatic N) is 1. The lowest BCUT2D eigenvalue weighted by Gasteiger charge is -2.12. The van der Waals surface area contributed by atoms with E-state index in [0.717, 1.165) is 25.7 Å². The molecule has 0 saturated carbocycles. The van der Waals surface area contributed by atoms with Crippen molar-refractivity contribution >= 4 is 50.4 Å². The summed E-state index contributed by atoms with van der Waals surface area (Å²) < 4.78 is 13.9. The number of fused-ring (bicyclic) bond motifs is 1. The number of anilines is 3. The molecule has 1 aromatic heterocycles. The van der Waals surface area contributed by atoms with Gasteiger partial charge in [0.2, 0.25) is 0 Å². The van der Waals surface area contributed by atoms with E-state index >= 15 is 0 Å². The van der Waals surface area contributed by atoms with Crippen LogP contribution in [0.2, 0.25) is 0 Å². The third kappa shape index (κ3) is 2.40. The van der Waals surface area contributed by atoms with Gasteiger partial charge in [-0.3, -0.25) is 4.98 Å². The number of rotatable bonds is 2. The summed E-state index contributed by atoms with van der Waals surface area (Å²) in [5.41, 5.74) is 8.42. The van der Waals surface area contributed by atoms with Crippen LogP contribution in [-0.2, 0) is 0 Å². The number of aromatic nitrogens is 1. The largest absolute Gasteiger partial charge is 0.398 e. The van der Waals surface area contributed by atoms with Gasteiger partial charge in [-0.1, -0.05) is 0 Å². The lowest BCUT2D eigenvalue weighted by atomic mass is 10.1. The van der Waals surface area contributed by atoms with Crippen molar-refractivity contribution < 1.29 is 4.39 Å². The molecule has 20 heavy (non-hydrogen) atoms. The zero-order valence-electron chi connectivity index (χ0n) is 10.4. The van der Waals surface area contributed by atoms with E-state index in [9.17, 15) is 4.39 Å². The molecule has 100 valence electrons. The predicted octanol–water partition coefficient (Wildman–Crippen LogP) is 4.30. The normalized spacial score (nSPS) is 10.7. The SMILES string of the molecule is Nc1ccc(Nc2ccc(F)cc2I)c2cnccc12. The minimum absolute atomic E-state index is 0.246. The maximum absolute atomic E-state index is 13.1. The lowest BCUT2D eigenvalue weighted by Crippen LogP contribution is -1.96. The first kappa shape index (κ1) is 13.1. The Morgan fingerprint density at radius 3 is 2.65 bits per heavy atom. The van der Waals surface area contributed by atoms with E-state index < -0.39 is 0 Å². The highest BCUT2D eigenvalue weighted by atomic mass is 127. The van der Waals surface area contributed by atoms with Crippen LogP contribution in [0.3, 0.4) is 0 Å². The van der Waals surface area contributed by atoms with Crippen molar-refractivity contribution in [3.05, 3.63) is 58.2 Å². The van der Waals surface area contributed by atoms with E-state index in [-0.39, 0.29) is 5.82 Å². The third-order valence-corrected chi connectivity index (χ3v) is 3.94. The first-order chi connectivity index (χ1) is 9.65. The summed E-state index contributed by atoms with van der Waals surface area (Å²) in [4.78, 5) is 4.14. The minimum Gasteiger partial charge on any atom is -0.398 e. The number of hydrogen-bond donors (Lipinski definition) is 2. The van der Waals surface area contributed by atoms with Gasteiger partial charge in [-0.05, 0) is 59.0 Å². The average Bonchev–Trinajstić information content (AvgIpc) is 2.45. The second-order valence-corrected chi connectivity index (χ2v) is 5.53. The van der Waals surface area contributed by atoms with Gasteiger partial charge < -0.3 is 11.1 Å². The molecule has 0 fully saturated rings. The van der Waals surface area contributed by atoms with E-state index in [2.05, 4.69) is 32.9 Å². The van der Waals surface area contributed by atoms with Crippen molar-refractivity contribution in [1.82, 2.24) is 4.98 Å². The summed E-state index contributed by atoms with van der Waals surface area (Å²) in [5, 5.41) is 5.18. The first-order valence-corrected chi connectivity index (χ1v) is 7.07. The number of nitrogen functional groups attached to an aromatic ring is 1. The van der Waals surface area contributed by atoms with Gasteiger partial charge in [0.25, 0.3) is 0 Å². The topological polar surface area (TPSA) is 50.9 Å². The van der Waals surface area contributed by atoms with E-state index in [1.54, 1.807) is 18.5 Å². The molecule has 5 heteroatoms. The minimum atomic E-state index is -0.246. The second-order valence-electron chi connectivity index (χ2n) is 4.37. The summed E-state index contributed by atoms with van der Waals surface area (Å²) >= 11 is 2.10. The fourth-order valence-corrected chi connectivity index (χ4v) is 2.67. The Bertz CT molecular complexity index is 789. The Morgan fingerprint density at radius 1 is 1.05 bits per heavy atom. The number of pyridine rings is 1. The molecule has 3 nitrogen and oxygen atoms in total. The van der Waals surface area contributed by atoms with Gasteiger partial charge >= 0.3 is 0 Å². The Labute approximate surface area is 129 Å². The van der Waals surface area contributed by atoms with Crippen molar-refractivity contribution in [3.8, 4) is 0 Å². The number of benzene rings is 2. The molecule has 0 unspecified atom stereocenters. The molecule has 3 N–H and O–H groups in total. The fourth-order valence-electron chi connectivity index (χ4n) is 2.06. The van der Waals surface area contributed by atoms with Crippen LogP contribution in [0.5, 0.6) is 0 Å². The molecule has 3 rings (SSSR count). The summed E-state index contributed by atoms with van der Waals surface area (Å²) in [6.07, 6.45) is 3.48. The summed E-state index contributed by atoms with van der Waals surface area (Å²) in [6, 6.07) is 10.3. The van der Waals surface area contributed by atoms with Crippen LogP contribution in [0.25, 0.3) is 10.8 Å². The molecule has 1 heterocycles. The van der Waals surface area contributed by atoms with Crippen LogP contribution in [0.1, 0.15) is 0 Å². The molecule has 0 bridgehead atoms. The van der Waals surface area contributed by atoms with Crippen LogP contribution in [-0.4, -0.2) is 4.98 Å². The lowest BCUT2D eigenvalue weighted by molar-refractivity contribution is 0.627. The second kappa shape index (κ2) is 5.24.